The second-order valence-corrected chi connectivity index (χ2v) is 7.06. The highest BCUT2D eigenvalue weighted by Gasteiger charge is 2.32. The number of benzene rings is 1. The minimum atomic E-state index is -0.340. The zero-order chi connectivity index (χ0) is 19.5. The first-order chi connectivity index (χ1) is 13.7. The number of methoxy groups -OCH3 is 1. The zero-order valence-corrected chi connectivity index (χ0v) is 15.8. The molecule has 1 amide bonds. The molecule has 2 aliphatic rings. The van der Waals surface area contributed by atoms with E-state index in [-0.39, 0.29) is 24.0 Å². The first kappa shape index (κ1) is 18.3. The van der Waals surface area contributed by atoms with Crippen LogP contribution in [0.15, 0.2) is 53.8 Å². The Morgan fingerprint density at radius 3 is 2.57 bits per heavy atom. The number of hydrogen-bond acceptors (Lipinski definition) is 5. The fourth-order valence-electron chi connectivity index (χ4n) is 3.87. The third kappa shape index (κ3) is 3.52. The summed E-state index contributed by atoms with van der Waals surface area (Å²) in [6, 6.07) is 13.6. The Kier molecular flexibility index (Phi) is 5.14. The molecule has 1 saturated heterocycles. The molecular weight excluding hydrogens is 358 g/mol. The maximum absolute atomic E-state index is 12.8. The van der Waals surface area contributed by atoms with E-state index < -0.39 is 0 Å². The number of nitrogens with zero attached hydrogens (tertiary/aromatic N) is 3. The van der Waals surface area contributed by atoms with Crippen molar-refractivity contribution in [2.24, 2.45) is 5.16 Å². The average Bonchev–Trinajstić information content (AvgIpc) is 3.43. The van der Waals surface area contributed by atoms with Crippen LogP contribution in [0.2, 0.25) is 0 Å². The molecule has 2 aromatic rings. The summed E-state index contributed by atoms with van der Waals surface area (Å²) in [6.45, 7) is 1.24. The molecule has 7 nitrogen and oxygen atoms in total. The summed E-state index contributed by atoms with van der Waals surface area (Å²) in [7, 11) is 1.38. The van der Waals surface area contributed by atoms with Gasteiger partial charge in [0.25, 0.3) is 5.91 Å². The molecule has 1 fully saturated rings. The predicted molar refractivity (Wildman–Crippen MR) is 103 cm³/mol. The summed E-state index contributed by atoms with van der Waals surface area (Å²) in [5.74, 6) is -0.398. The summed E-state index contributed by atoms with van der Waals surface area (Å²) in [5, 5.41) is 4.04. The number of likely N-dealkylation sites (tertiary alicyclic amines) is 1. The van der Waals surface area contributed by atoms with Gasteiger partial charge in [-0.1, -0.05) is 35.5 Å². The molecule has 0 radical (unpaired) electrons. The Hall–Kier alpha value is -3.09. The molecule has 146 valence electrons. The molecule has 2 aliphatic heterocycles. The number of carbonyl (C=O) groups excluding carboxylic acids is 2. The molecule has 0 bridgehead atoms. The normalized spacial score (nSPS) is 19.8. The highest BCUT2D eigenvalue weighted by Crippen LogP contribution is 2.29. The van der Waals surface area contributed by atoms with Gasteiger partial charge in [-0.05, 0) is 30.5 Å². The second kappa shape index (κ2) is 7.88. The smallest absolute Gasteiger partial charge is 0.354 e. The van der Waals surface area contributed by atoms with Crippen LogP contribution in [0.5, 0.6) is 0 Å². The van der Waals surface area contributed by atoms with E-state index in [1.165, 1.54) is 7.11 Å². The van der Waals surface area contributed by atoms with Crippen molar-refractivity contribution in [3.05, 3.63) is 59.9 Å². The number of esters is 1. The molecule has 0 saturated carbocycles. The van der Waals surface area contributed by atoms with E-state index in [0.29, 0.717) is 30.9 Å². The van der Waals surface area contributed by atoms with E-state index in [2.05, 4.69) is 5.16 Å². The van der Waals surface area contributed by atoms with Gasteiger partial charge in [0.2, 0.25) is 0 Å². The molecule has 0 N–H and O–H groups in total. The van der Waals surface area contributed by atoms with E-state index in [9.17, 15) is 9.59 Å². The molecule has 3 heterocycles. The molecule has 1 unspecified atom stereocenters. The number of rotatable bonds is 4. The zero-order valence-electron chi connectivity index (χ0n) is 15.8. The summed E-state index contributed by atoms with van der Waals surface area (Å²) >= 11 is 0. The van der Waals surface area contributed by atoms with Crippen LogP contribution in [-0.2, 0) is 14.4 Å². The van der Waals surface area contributed by atoms with Crippen LogP contribution in [0.3, 0.4) is 0 Å². The fourth-order valence-corrected chi connectivity index (χ4v) is 3.87. The van der Waals surface area contributed by atoms with Gasteiger partial charge < -0.3 is 19.0 Å². The lowest BCUT2D eigenvalue weighted by atomic mass is 10.0. The van der Waals surface area contributed by atoms with Crippen molar-refractivity contribution in [2.45, 2.75) is 31.4 Å². The Balaban J connectivity index is 1.35. The minimum Gasteiger partial charge on any atom is -0.464 e. The van der Waals surface area contributed by atoms with Gasteiger partial charge in [-0.25, -0.2) is 4.79 Å². The number of amides is 1. The van der Waals surface area contributed by atoms with E-state index >= 15 is 0 Å². The van der Waals surface area contributed by atoms with Crippen molar-refractivity contribution < 1.29 is 19.2 Å². The van der Waals surface area contributed by atoms with Crippen LogP contribution in [0.4, 0.5) is 0 Å². The van der Waals surface area contributed by atoms with E-state index in [4.69, 9.17) is 9.57 Å². The summed E-state index contributed by atoms with van der Waals surface area (Å²) in [4.78, 5) is 32.0. The Morgan fingerprint density at radius 2 is 1.86 bits per heavy atom. The second-order valence-electron chi connectivity index (χ2n) is 7.06. The predicted octanol–water partition coefficient (Wildman–Crippen LogP) is 2.96. The van der Waals surface area contributed by atoms with Gasteiger partial charge in [0, 0.05) is 31.7 Å². The first-order valence-corrected chi connectivity index (χ1v) is 9.49. The van der Waals surface area contributed by atoms with Crippen molar-refractivity contribution in [1.29, 1.82) is 0 Å². The number of oxime groups is 1. The molecule has 7 heteroatoms. The number of piperidine rings is 1. The average molecular weight is 381 g/mol. The van der Waals surface area contributed by atoms with Crippen LogP contribution >= 0.6 is 0 Å². The molecule has 28 heavy (non-hydrogen) atoms. The lowest BCUT2D eigenvalue weighted by Gasteiger charge is -2.33. The Morgan fingerprint density at radius 1 is 1.11 bits per heavy atom. The number of carbonyl (C=O) groups is 2. The van der Waals surface area contributed by atoms with Gasteiger partial charge in [-0.3, -0.25) is 4.79 Å². The van der Waals surface area contributed by atoms with E-state index in [1.807, 2.05) is 52.1 Å². The fraction of sp³-hybridized carbons (Fsp3) is 0.381. The topological polar surface area (TPSA) is 73.1 Å². The van der Waals surface area contributed by atoms with Crippen LogP contribution in [0, 0.1) is 0 Å². The van der Waals surface area contributed by atoms with E-state index in [1.54, 1.807) is 6.07 Å². The molecule has 0 spiro atoms. The molecule has 0 aliphatic carbocycles. The Labute approximate surface area is 163 Å². The van der Waals surface area contributed by atoms with E-state index in [0.717, 1.165) is 18.4 Å². The third-order valence-electron chi connectivity index (χ3n) is 5.41. The number of ether oxygens (including phenoxy) is 1. The number of aromatic nitrogens is 1. The molecule has 1 aromatic carbocycles. The van der Waals surface area contributed by atoms with Gasteiger partial charge in [0.05, 0.1) is 7.11 Å². The van der Waals surface area contributed by atoms with Crippen molar-refractivity contribution in [3.8, 4) is 0 Å². The molecule has 1 atom stereocenters. The standard InChI is InChI=1S/C21H23N3O4/c1-27-21(26)18-8-5-11-24(18)16-9-12-23(13-10-16)20(25)17-14-19(28-22-17)15-6-3-2-4-7-15/h2-8,11,16,19H,9-10,12-14H2,1H3. The SMILES string of the molecule is COC(=O)c1cccn1C1CCN(C(=O)C2=NOC(c3ccccc3)C2)CC1. The highest BCUT2D eigenvalue weighted by molar-refractivity contribution is 6.39. The summed E-state index contributed by atoms with van der Waals surface area (Å²) in [6.07, 6.45) is 3.75. The van der Waals surface area contributed by atoms with Crippen molar-refractivity contribution in [2.75, 3.05) is 20.2 Å². The lowest BCUT2D eigenvalue weighted by molar-refractivity contribution is -0.125. The minimum absolute atomic E-state index is 0.0578. The van der Waals surface area contributed by atoms with Crippen LogP contribution in [0.25, 0.3) is 0 Å². The van der Waals surface area contributed by atoms with Crippen molar-refractivity contribution in [1.82, 2.24) is 9.47 Å². The molecular formula is C21H23N3O4. The first-order valence-electron chi connectivity index (χ1n) is 9.49. The highest BCUT2D eigenvalue weighted by atomic mass is 16.6. The lowest BCUT2D eigenvalue weighted by Crippen LogP contribution is -2.42. The molecule has 1 aromatic heterocycles. The van der Waals surface area contributed by atoms with Gasteiger partial charge in [-0.2, -0.15) is 0 Å². The van der Waals surface area contributed by atoms with Gasteiger partial charge >= 0.3 is 5.97 Å². The Bertz CT molecular complexity index is 882. The van der Waals surface area contributed by atoms with Crippen molar-refractivity contribution >= 4 is 17.6 Å². The summed E-state index contributed by atoms with van der Waals surface area (Å²) in [5.41, 5.74) is 2.05. The van der Waals surface area contributed by atoms with Gasteiger partial charge in [0.1, 0.15) is 11.4 Å². The summed E-state index contributed by atoms with van der Waals surface area (Å²) < 4.78 is 6.80. The number of hydrogen-bond donors (Lipinski definition) is 0. The van der Waals surface area contributed by atoms with Crippen LogP contribution in [-0.4, -0.2) is 47.3 Å². The molecule has 4 rings (SSSR count). The monoisotopic (exact) mass is 381 g/mol. The third-order valence-corrected chi connectivity index (χ3v) is 5.41. The van der Waals surface area contributed by atoms with Crippen molar-refractivity contribution in [3.63, 3.8) is 0 Å². The van der Waals surface area contributed by atoms with Crippen LogP contribution in [0.1, 0.15) is 47.5 Å². The maximum atomic E-state index is 12.8. The quantitative estimate of drug-likeness (QED) is 0.764. The van der Waals surface area contributed by atoms with Gasteiger partial charge in [0.15, 0.2) is 6.10 Å². The van der Waals surface area contributed by atoms with Crippen LogP contribution < -0.4 is 0 Å². The largest absolute Gasteiger partial charge is 0.464 e. The maximum Gasteiger partial charge on any atom is 0.354 e. The van der Waals surface area contributed by atoms with Gasteiger partial charge in [-0.15, -0.1) is 0 Å².